The normalized spacial score (nSPS) is 18.1. The van der Waals surface area contributed by atoms with Crippen molar-refractivity contribution in [3.8, 4) is 17.6 Å². The fraction of sp³-hybridized carbons (Fsp3) is 0.522. The smallest absolute Gasteiger partial charge is 0.229 e. The number of nitriles is 1. The van der Waals surface area contributed by atoms with Crippen LogP contribution in [0, 0.1) is 11.3 Å². The molecule has 0 radical (unpaired) electrons. The lowest BCUT2D eigenvalue weighted by molar-refractivity contribution is -0.00772. The minimum absolute atomic E-state index is 0.0253. The molecule has 0 amide bonds. The van der Waals surface area contributed by atoms with Crippen LogP contribution in [0.25, 0.3) is 0 Å². The Morgan fingerprint density at radius 2 is 1.65 bits per heavy atom. The Hall–Kier alpha value is -3.05. The average Bonchev–Trinajstić information content (AvgIpc) is 2.71. The van der Waals surface area contributed by atoms with E-state index in [2.05, 4.69) is 66.3 Å². The Labute approximate surface area is 184 Å². The fourth-order valence-electron chi connectivity index (χ4n) is 4.31. The van der Waals surface area contributed by atoms with Gasteiger partial charge in [-0.3, -0.25) is 4.90 Å². The summed E-state index contributed by atoms with van der Waals surface area (Å²) in [4.78, 5) is 11.3. The average molecular weight is 425 g/mol. The second kappa shape index (κ2) is 8.60. The van der Waals surface area contributed by atoms with Crippen molar-refractivity contribution in [1.82, 2.24) is 14.9 Å². The van der Waals surface area contributed by atoms with Crippen LogP contribution in [0.15, 0.2) is 24.4 Å². The van der Waals surface area contributed by atoms with Gasteiger partial charge in [0.1, 0.15) is 28.9 Å². The van der Waals surface area contributed by atoms with E-state index in [1.807, 2.05) is 12.1 Å². The number of methoxy groups -OCH3 is 2. The molecule has 166 valence electrons. The highest BCUT2D eigenvalue weighted by Gasteiger charge is 2.43. The second-order valence-electron chi connectivity index (χ2n) is 9.23. The van der Waals surface area contributed by atoms with Crippen molar-refractivity contribution in [1.29, 1.82) is 5.26 Å². The molecule has 0 spiro atoms. The van der Waals surface area contributed by atoms with Crippen LogP contribution in [-0.4, -0.2) is 53.3 Å². The zero-order valence-corrected chi connectivity index (χ0v) is 19.4. The number of hydrogen-bond acceptors (Lipinski definition) is 8. The topological polar surface area (TPSA) is 95.3 Å². The van der Waals surface area contributed by atoms with Crippen LogP contribution in [0.2, 0.25) is 0 Å². The number of nitrogens with zero attached hydrogens (tertiary/aromatic N) is 4. The van der Waals surface area contributed by atoms with E-state index in [0.717, 1.165) is 18.5 Å². The number of rotatable bonds is 6. The molecule has 1 fully saturated rings. The second-order valence-corrected chi connectivity index (χ2v) is 9.23. The number of hydrogen-bond donors (Lipinski definition) is 2. The van der Waals surface area contributed by atoms with Crippen LogP contribution >= 0.6 is 0 Å². The number of piperidine rings is 1. The molecule has 0 aliphatic carbocycles. The minimum atomic E-state index is 0.0253. The monoisotopic (exact) mass is 424 g/mol. The molecule has 3 rings (SSSR count). The van der Waals surface area contributed by atoms with Gasteiger partial charge in [-0.05, 0) is 47.6 Å². The Morgan fingerprint density at radius 1 is 1.06 bits per heavy atom. The molecule has 2 heterocycles. The SMILES string of the molecule is COc1cc(Nc2ncc(C#N)c(NC3CC(C)(C)N(C)C(C)(C)C3)n2)cc(OC)c1. The van der Waals surface area contributed by atoms with E-state index in [0.29, 0.717) is 28.8 Å². The highest BCUT2D eigenvalue weighted by molar-refractivity contribution is 5.62. The molecule has 8 nitrogen and oxygen atoms in total. The molecule has 0 saturated carbocycles. The molecule has 0 atom stereocenters. The van der Waals surface area contributed by atoms with Gasteiger partial charge in [0.2, 0.25) is 5.95 Å². The third-order valence-electron chi connectivity index (χ3n) is 6.17. The van der Waals surface area contributed by atoms with Crippen molar-refractivity contribution < 1.29 is 9.47 Å². The van der Waals surface area contributed by atoms with Crippen LogP contribution < -0.4 is 20.1 Å². The molecule has 31 heavy (non-hydrogen) atoms. The summed E-state index contributed by atoms with van der Waals surface area (Å²) in [6, 6.07) is 7.84. The molecule has 1 aliphatic heterocycles. The summed E-state index contributed by atoms with van der Waals surface area (Å²) in [6.45, 7) is 8.99. The highest BCUT2D eigenvalue weighted by atomic mass is 16.5. The number of nitrogens with one attached hydrogen (secondary N) is 2. The summed E-state index contributed by atoms with van der Waals surface area (Å²) in [5, 5.41) is 16.3. The van der Waals surface area contributed by atoms with Gasteiger partial charge in [-0.15, -0.1) is 0 Å². The molecular weight excluding hydrogens is 392 g/mol. The number of benzene rings is 1. The van der Waals surface area contributed by atoms with Gasteiger partial charge in [-0.25, -0.2) is 4.98 Å². The van der Waals surface area contributed by atoms with Gasteiger partial charge in [0.05, 0.1) is 20.4 Å². The first-order valence-corrected chi connectivity index (χ1v) is 10.4. The number of likely N-dealkylation sites (tertiary alicyclic amines) is 1. The van der Waals surface area contributed by atoms with Gasteiger partial charge in [-0.1, -0.05) is 0 Å². The molecule has 1 saturated heterocycles. The summed E-state index contributed by atoms with van der Waals surface area (Å²) in [7, 11) is 5.37. The maximum absolute atomic E-state index is 9.58. The van der Waals surface area contributed by atoms with Crippen LogP contribution in [0.4, 0.5) is 17.5 Å². The number of anilines is 3. The molecule has 1 aromatic heterocycles. The lowest BCUT2D eigenvalue weighted by Gasteiger charge is -2.53. The Balaban J connectivity index is 1.86. The van der Waals surface area contributed by atoms with Gasteiger partial charge in [0.15, 0.2) is 0 Å². The van der Waals surface area contributed by atoms with Crippen molar-refractivity contribution in [2.75, 3.05) is 31.9 Å². The molecule has 0 unspecified atom stereocenters. The zero-order valence-electron chi connectivity index (χ0n) is 19.4. The number of ether oxygens (including phenoxy) is 2. The first-order chi connectivity index (χ1) is 14.6. The van der Waals surface area contributed by atoms with Crippen LogP contribution in [0.3, 0.4) is 0 Å². The van der Waals surface area contributed by atoms with Crippen LogP contribution in [0.1, 0.15) is 46.1 Å². The summed E-state index contributed by atoms with van der Waals surface area (Å²) in [6.07, 6.45) is 3.43. The quantitative estimate of drug-likeness (QED) is 0.713. The maximum Gasteiger partial charge on any atom is 0.229 e. The van der Waals surface area contributed by atoms with Crippen molar-refractivity contribution >= 4 is 17.5 Å². The lowest BCUT2D eigenvalue weighted by Crippen LogP contribution is -2.61. The molecule has 1 aliphatic rings. The molecule has 8 heteroatoms. The maximum atomic E-state index is 9.58. The van der Waals surface area contributed by atoms with E-state index < -0.39 is 0 Å². The van der Waals surface area contributed by atoms with Gasteiger partial charge < -0.3 is 20.1 Å². The van der Waals surface area contributed by atoms with E-state index in [4.69, 9.17) is 9.47 Å². The van der Waals surface area contributed by atoms with E-state index in [1.54, 1.807) is 26.5 Å². The standard InChI is InChI=1S/C23H32N6O2/c1-22(2)11-17(12-23(3,4)29(22)5)26-20-15(13-24)14-25-21(28-20)27-16-8-18(30-6)10-19(9-16)31-7/h8-10,14,17H,11-12H2,1-7H3,(H2,25,26,27,28). The first kappa shape index (κ1) is 22.6. The lowest BCUT2D eigenvalue weighted by atomic mass is 9.77. The Kier molecular flexibility index (Phi) is 6.27. The van der Waals surface area contributed by atoms with Crippen molar-refractivity contribution in [2.45, 2.75) is 57.7 Å². The van der Waals surface area contributed by atoms with Gasteiger partial charge in [0.25, 0.3) is 0 Å². The van der Waals surface area contributed by atoms with Gasteiger partial charge in [-0.2, -0.15) is 10.2 Å². The molecule has 1 aromatic carbocycles. The van der Waals surface area contributed by atoms with Crippen molar-refractivity contribution in [2.24, 2.45) is 0 Å². The van der Waals surface area contributed by atoms with Crippen LogP contribution in [-0.2, 0) is 0 Å². The van der Waals surface area contributed by atoms with Gasteiger partial charge in [0, 0.05) is 41.0 Å². The fourth-order valence-corrected chi connectivity index (χ4v) is 4.31. The van der Waals surface area contributed by atoms with Crippen LogP contribution in [0.5, 0.6) is 11.5 Å². The predicted molar refractivity (Wildman–Crippen MR) is 122 cm³/mol. The Morgan fingerprint density at radius 3 is 2.16 bits per heavy atom. The van der Waals surface area contributed by atoms with E-state index >= 15 is 0 Å². The molecule has 2 aromatic rings. The third-order valence-corrected chi connectivity index (χ3v) is 6.17. The Bertz CT molecular complexity index is 942. The van der Waals surface area contributed by atoms with Crippen molar-refractivity contribution in [3.63, 3.8) is 0 Å². The molecule has 0 bridgehead atoms. The van der Waals surface area contributed by atoms with Gasteiger partial charge >= 0.3 is 0 Å². The summed E-state index contributed by atoms with van der Waals surface area (Å²) in [5.41, 5.74) is 1.20. The molecule has 2 N–H and O–H groups in total. The predicted octanol–water partition coefficient (Wildman–Crippen LogP) is 4.17. The third kappa shape index (κ3) is 5.00. The van der Waals surface area contributed by atoms with E-state index in [1.165, 1.54) is 0 Å². The van der Waals surface area contributed by atoms with E-state index in [9.17, 15) is 5.26 Å². The zero-order chi connectivity index (χ0) is 22.8. The summed E-state index contributed by atoms with van der Waals surface area (Å²) in [5.74, 6) is 2.24. The largest absolute Gasteiger partial charge is 0.497 e. The highest BCUT2D eigenvalue weighted by Crippen LogP contribution is 2.38. The summed E-state index contributed by atoms with van der Waals surface area (Å²) >= 11 is 0. The first-order valence-electron chi connectivity index (χ1n) is 10.4. The summed E-state index contributed by atoms with van der Waals surface area (Å²) < 4.78 is 10.6. The molecular formula is C23H32N6O2. The minimum Gasteiger partial charge on any atom is -0.497 e. The van der Waals surface area contributed by atoms with Crippen molar-refractivity contribution in [3.05, 3.63) is 30.0 Å². The number of aromatic nitrogens is 2. The van der Waals surface area contributed by atoms with E-state index in [-0.39, 0.29) is 17.1 Å².